The Morgan fingerprint density at radius 3 is 2.70 bits per heavy atom. The molecular formula is C24H19ClN2O2S. The van der Waals surface area contributed by atoms with E-state index in [9.17, 15) is 9.59 Å². The number of anilines is 1. The lowest BCUT2D eigenvalue weighted by Gasteiger charge is -2.24. The maximum Gasteiger partial charge on any atom is 0.259 e. The highest BCUT2D eigenvalue weighted by Gasteiger charge is 2.28. The molecule has 1 aliphatic heterocycles. The molecule has 3 aromatic carbocycles. The highest BCUT2D eigenvalue weighted by Crippen LogP contribution is 2.42. The maximum atomic E-state index is 13.5. The Bertz CT molecular complexity index is 1150. The molecule has 0 aromatic heterocycles. The summed E-state index contributed by atoms with van der Waals surface area (Å²) in [5, 5.41) is 3.40. The van der Waals surface area contributed by atoms with Crippen LogP contribution in [0, 0.1) is 0 Å². The zero-order valence-corrected chi connectivity index (χ0v) is 17.7. The molecule has 1 heterocycles. The summed E-state index contributed by atoms with van der Waals surface area (Å²) < 4.78 is 0. The number of halogens is 1. The van der Waals surface area contributed by atoms with E-state index < -0.39 is 0 Å². The fourth-order valence-electron chi connectivity index (χ4n) is 3.30. The molecule has 0 saturated heterocycles. The fourth-order valence-corrected chi connectivity index (χ4v) is 4.57. The molecule has 4 nitrogen and oxygen atoms in total. The zero-order chi connectivity index (χ0) is 21.1. The summed E-state index contributed by atoms with van der Waals surface area (Å²) in [7, 11) is 0. The number of benzene rings is 3. The second-order valence-electron chi connectivity index (χ2n) is 6.80. The van der Waals surface area contributed by atoms with Crippen molar-refractivity contribution in [2.24, 2.45) is 0 Å². The molecule has 6 heteroatoms. The monoisotopic (exact) mass is 434 g/mol. The van der Waals surface area contributed by atoms with Crippen LogP contribution in [0.2, 0.25) is 5.02 Å². The van der Waals surface area contributed by atoms with Crippen LogP contribution in [0.4, 0.5) is 5.69 Å². The van der Waals surface area contributed by atoms with E-state index in [1.54, 1.807) is 29.2 Å². The Morgan fingerprint density at radius 2 is 1.90 bits per heavy atom. The summed E-state index contributed by atoms with van der Waals surface area (Å²) in [5.41, 5.74) is 2.74. The van der Waals surface area contributed by atoms with Crippen LogP contribution in [0.15, 0.2) is 89.2 Å². The minimum atomic E-state index is -0.209. The number of carbonyl (C=O) groups excluding carboxylic acids is 2. The standard InChI is InChI=1S/C24H19ClN2O2S/c1-2-12-26-23(28)17-10-11-22-20(14-17)27(15-16-6-5-7-18(25)13-16)24(29)19-8-3-4-9-21(19)30-22/h2-11,13-14H,1,12,15H2,(H,26,28). The molecule has 0 radical (unpaired) electrons. The number of nitrogens with one attached hydrogen (secondary N) is 1. The lowest BCUT2D eigenvalue weighted by molar-refractivity contribution is 0.0953. The second kappa shape index (κ2) is 8.78. The number of hydrogen-bond acceptors (Lipinski definition) is 3. The molecule has 0 fully saturated rings. The van der Waals surface area contributed by atoms with E-state index in [-0.39, 0.29) is 11.8 Å². The van der Waals surface area contributed by atoms with Crippen LogP contribution in [-0.4, -0.2) is 18.4 Å². The third-order valence-corrected chi connectivity index (χ3v) is 6.11. The van der Waals surface area contributed by atoms with Gasteiger partial charge in [-0.05, 0) is 48.0 Å². The van der Waals surface area contributed by atoms with Crippen LogP contribution in [0.1, 0.15) is 26.3 Å². The van der Waals surface area contributed by atoms with Crippen molar-refractivity contribution in [1.29, 1.82) is 0 Å². The number of fused-ring (bicyclic) bond motifs is 2. The normalized spacial score (nSPS) is 12.6. The van der Waals surface area contributed by atoms with Crippen LogP contribution in [0.3, 0.4) is 0 Å². The number of carbonyl (C=O) groups is 2. The molecule has 3 aromatic rings. The van der Waals surface area contributed by atoms with Crippen molar-refractivity contribution < 1.29 is 9.59 Å². The summed E-state index contributed by atoms with van der Waals surface area (Å²) >= 11 is 7.69. The van der Waals surface area contributed by atoms with Crippen molar-refractivity contribution >= 4 is 40.9 Å². The van der Waals surface area contributed by atoms with Gasteiger partial charge in [-0.1, -0.05) is 53.7 Å². The van der Waals surface area contributed by atoms with Gasteiger partial charge in [0, 0.05) is 26.9 Å². The Morgan fingerprint density at radius 1 is 1.07 bits per heavy atom. The van der Waals surface area contributed by atoms with Crippen molar-refractivity contribution in [2.45, 2.75) is 16.3 Å². The average molecular weight is 435 g/mol. The summed E-state index contributed by atoms with van der Waals surface area (Å²) in [5.74, 6) is -0.319. The third kappa shape index (κ3) is 4.13. The average Bonchev–Trinajstić information content (AvgIpc) is 2.87. The lowest BCUT2D eigenvalue weighted by atomic mass is 10.1. The Hall–Kier alpha value is -3.02. The van der Waals surface area contributed by atoms with Gasteiger partial charge in [-0.3, -0.25) is 9.59 Å². The Labute approximate surface area is 184 Å². The first-order chi connectivity index (χ1) is 14.6. The molecule has 4 rings (SSSR count). The van der Waals surface area contributed by atoms with Crippen molar-refractivity contribution in [1.82, 2.24) is 5.32 Å². The van der Waals surface area contributed by atoms with Gasteiger partial charge >= 0.3 is 0 Å². The SMILES string of the molecule is C=CCNC(=O)c1ccc2c(c1)N(Cc1cccc(Cl)c1)C(=O)c1ccccc1S2. The molecular weight excluding hydrogens is 416 g/mol. The van der Waals surface area contributed by atoms with Gasteiger partial charge in [0.2, 0.25) is 0 Å². The third-order valence-electron chi connectivity index (χ3n) is 4.73. The van der Waals surface area contributed by atoms with E-state index in [0.29, 0.717) is 34.9 Å². The minimum Gasteiger partial charge on any atom is -0.349 e. The van der Waals surface area contributed by atoms with Gasteiger partial charge in [0.05, 0.1) is 17.8 Å². The van der Waals surface area contributed by atoms with Crippen molar-refractivity contribution in [3.8, 4) is 0 Å². The number of rotatable bonds is 5. The van der Waals surface area contributed by atoms with Crippen LogP contribution in [0.25, 0.3) is 0 Å². The van der Waals surface area contributed by atoms with Crippen molar-refractivity contribution in [3.63, 3.8) is 0 Å². The van der Waals surface area contributed by atoms with Crippen molar-refractivity contribution in [3.05, 3.63) is 101 Å². The summed E-state index contributed by atoms with van der Waals surface area (Å²) in [6, 6.07) is 20.4. The van der Waals surface area contributed by atoms with E-state index in [0.717, 1.165) is 15.4 Å². The quantitative estimate of drug-likeness (QED) is 0.534. The van der Waals surface area contributed by atoms with Gasteiger partial charge in [-0.15, -0.1) is 6.58 Å². The topological polar surface area (TPSA) is 49.4 Å². The van der Waals surface area contributed by atoms with Gasteiger partial charge < -0.3 is 10.2 Å². The first-order valence-corrected chi connectivity index (χ1v) is 10.6. The Balaban J connectivity index is 1.81. The first-order valence-electron chi connectivity index (χ1n) is 9.43. The smallest absolute Gasteiger partial charge is 0.259 e. The molecule has 0 atom stereocenters. The Kier molecular flexibility index (Phi) is 5.93. The number of nitrogens with zero attached hydrogens (tertiary/aromatic N) is 1. The second-order valence-corrected chi connectivity index (χ2v) is 8.32. The van der Waals surface area contributed by atoms with E-state index in [4.69, 9.17) is 11.6 Å². The molecule has 30 heavy (non-hydrogen) atoms. The van der Waals surface area contributed by atoms with Gasteiger partial charge in [-0.25, -0.2) is 0 Å². The maximum absolute atomic E-state index is 13.5. The van der Waals surface area contributed by atoms with E-state index >= 15 is 0 Å². The van der Waals surface area contributed by atoms with E-state index in [1.807, 2.05) is 48.5 Å². The van der Waals surface area contributed by atoms with Crippen LogP contribution < -0.4 is 10.2 Å². The molecule has 0 saturated carbocycles. The highest BCUT2D eigenvalue weighted by atomic mass is 35.5. The van der Waals surface area contributed by atoms with E-state index in [1.165, 1.54) is 11.8 Å². The van der Waals surface area contributed by atoms with Gasteiger partial charge in [0.15, 0.2) is 0 Å². The molecule has 0 unspecified atom stereocenters. The molecule has 150 valence electrons. The van der Waals surface area contributed by atoms with Gasteiger partial charge in [0.25, 0.3) is 11.8 Å². The van der Waals surface area contributed by atoms with Gasteiger partial charge in [0.1, 0.15) is 0 Å². The lowest BCUT2D eigenvalue weighted by Crippen LogP contribution is -2.31. The number of amides is 2. The van der Waals surface area contributed by atoms with Crippen LogP contribution in [-0.2, 0) is 6.54 Å². The van der Waals surface area contributed by atoms with E-state index in [2.05, 4.69) is 11.9 Å². The molecule has 2 amide bonds. The molecule has 0 bridgehead atoms. The summed E-state index contributed by atoms with van der Waals surface area (Å²) in [4.78, 5) is 29.5. The fraction of sp³-hybridized carbons (Fsp3) is 0.0833. The molecule has 0 spiro atoms. The van der Waals surface area contributed by atoms with Gasteiger partial charge in [-0.2, -0.15) is 0 Å². The summed E-state index contributed by atoms with van der Waals surface area (Å²) in [6.07, 6.45) is 1.63. The molecule has 1 aliphatic rings. The molecule has 0 aliphatic carbocycles. The zero-order valence-electron chi connectivity index (χ0n) is 16.1. The predicted molar refractivity (Wildman–Crippen MR) is 122 cm³/mol. The number of hydrogen-bond donors (Lipinski definition) is 1. The minimum absolute atomic E-state index is 0.111. The molecule has 1 N–H and O–H groups in total. The highest BCUT2D eigenvalue weighted by molar-refractivity contribution is 7.99. The largest absolute Gasteiger partial charge is 0.349 e. The summed E-state index contributed by atoms with van der Waals surface area (Å²) in [6.45, 7) is 4.35. The predicted octanol–water partition coefficient (Wildman–Crippen LogP) is 5.57. The first kappa shape index (κ1) is 20.3. The van der Waals surface area contributed by atoms with Crippen LogP contribution >= 0.6 is 23.4 Å². The van der Waals surface area contributed by atoms with Crippen LogP contribution in [0.5, 0.6) is 0 Å². The van der Waals surface area contributed by atoms with Crippen molar-refractivity contribution in [2.75, 3.05) is 11.4 Å².